The third-order valence-electron chi connectivity index (χ3n) is 5.47. The molecular formula is C22H17F4N5OS. The first-order valence-corrected chi connectivity index (χ1v) is 11.0. The lowest BCUT2D eigenvalue weighted by atomic mass is 10.0. The summed E-state index contributed by atoms with van der Waals surface area (Å²) in [5.41, 5.74) is 0.166. The Labute approximate surface area is 189 Å². The number of fused-ring (bicyclic) bond motifs is 1. The number of halogens is 4. The number of carbonyl (C=O) groups excluding carboxylic acids is 1. The average molecular weight is 475 g/mol. The van der Waals surface area contributed by atoms with Crippen molar-refractivity contribution in [3.8, 4) is 11.4 Å². The standard InChI is InChI=1S/C22H17F4N5OS/c23-12-6-8-31(11-12)13-4-5-14(16(10-13)22(24,25)26)19-28-17-3-1-2-15(18(17)29-19)20(32)30-21-27-7-9-33-21/h1-5,7,9-10,12H,6,8,11H2,(H,28,29)(H,27,30,32)/t12-/m0/s1. The lowest BCUT2D eigenvalue weighted by Gasteiger charge is -2.20. The second-order valence-electron chi connectivity index (χ2n) is 7.64. The van der Waals surface area contributed by atoms with Crippen LogP contribution in [0.25, 0.3) is 22.4 Å². The molecular weight excluding hydrogens is 458 g/mol. The van der Waals surface area contributed by atoms with Crippen molar-refractivity contribution in [2.45, 2.75) is 18.8 Å². The fraction of sp³-hybridized carbons (Fsp3) is 0.227. The lowest BCUT2D eigenvalue weighted by Crippen LogP contribution is -2.21. The number of carbonyl (C=O) groups is 1. The molecule has 1 amide bonds. The van der Waals surface area contributed by atoms with Crippen molar-refractivity contribution in [3.05, 3.63) is 59.1 Å². The number of alkyl halides is 4. The monoisotopic (exact) mass is 475 g/mol. The molecule has 0 radical (unpaired) electrons. The molecule has 0 aliphatic carbocycles. The maximum absolute atomic E-state index is 13.9. The fourth-order valence-electron chi connectivity index (χ4n) is 3.91. The average Bonchev–Trinajstić information content (AvgIpc) is 3.53. The van der Waals surface area contributed by atoms with Gasteiger partial charge in [0.25, 0.3) is 5.91 Å². The molecule has 5 rings (SSSR count). The second kappa shape index (κ2) is 8.14. The van der Waals surface area contributed by atoms with Crippen LogP contribution >= 0.6 is 11.3 Å². The summed E-state index contributed by atoms with van der Waals surface area (Å²) in [6.07, 6.45) is -3.86. The van der Waals surface area contributed by atoms with Crippen molar-refractivity contribution < 1.29 is 22.4 Å². The van der Waals surface area contributed by atoms with E-state index < -0.39 is 23.8 Å². The molecule has 11 heteroatoms. The van der Waals surface area contributed by atoms with Crippen LogP contribution in [-0.2, 0) is 6.18 Å². The Morgan fingerprint density at radius 2 is 2.09 bits per heavy atom. The molecule has 1 fully saturated rings. The number of thiazole rings is 1. The van der Waals surface area contributed by atoms with Gasteiger partial charge in [-0.25, -0.2) is 14.4 Å². The molecule has 1 aliphatic rings. The zero-order chi connectivity index (χ0) is 23.2. The van der Waals surface area contributed by atoms with Crippen molar-refractivity contribution in [1.29, 1.82) is 0 Å². The molecule has 0 spiro atoms. The van der Waals surface area contributed by atoms with Crippen molar-refractivity contribution in [2.75, 3.05) is 23.3 Å². The summed E-state index contributed by atoms with van der Waals surface area (Å²) in [7, 11) is 0. The van der Waals surface area contributed by atoms with Crippen molar-refractivity contribution in [2.24, 2.45) is 0 Å². The minimum Gasteiger partial charge on any atom is -0.368 e. The summed E-state index contributed by atoms with van der Waals surface area (Å²) in [4.78, 5) is 25.5. The number of nitrogens with zero attached hydrogens (tertiary/aromatic N) is 3. The molecule has 1 aliphatic heterocycles. The molecule has 4 aromatic rings. The van der Waals surface area contributed by atoms with E-state index in [0.29, 0.717) is 29.3 Å². The zero-order valence-corrected chi connectivity index (χ0v) is 17.8. The van der Waals surface area contributed by atoms with Crippen LogP contribution in [0, 0.1) is 0 Å². The largest absolute Gasteiger partial charge is 0.417 e. The van der Waals surface area contributed by atoms with E-state index in [0.717, 1.165) is 6.07 Å². The predicted molar refractivity (Wildman–Crippen MR) is 118 cm³/mol. The highest BCUT2D eigenvalue weighted by Gasteiger charge is 2.36. The van der Waals surface area contributed by atoms with E-state index in [9.17, 15) is 22.4 Å². The van der Waals surface area contributed by atoms with Gasteiger partial charge < -0.3 is 9.88 Å². The summed E-state index contributed by atoms with van der Waals surface area (Å²) >= 11 is 1.25. The molecule has 0 unspecified atom stereocenters. The number of aromatic nitrogens is 3. The molecule has 1 atom stereocenters. The van der Waals surface area contributed by atoms with Gasteiger partial charge in [-0.3, -0.25) is 10.1 Å². The molecule has 0 bridgehead atoms. The van der Waals surface area contributed by atoms with Gasteiger partial charge in [0.15, 0.2) is 5.13 Å². The maximum atomic E-state index is 13.9. The number of anilines is 2. The van der Waals surface area contributed by atoms with E-state index >= 15 is 0 Å². The Hall–Kier alpha value is -3.47. The first-order valence-electron chi connectivity index (χ1n) is 10.1. The lowest BCUT2D eigenvalue weighted by molar-refractivity contribution is -0.137. The number of nitrogens with one attached hydrogen (secondary N) is 2. The van der Waals surface area contributed by atoms with E-state index in [1.54, 1.807) is 34.7 Å². The number of aromatic amines is 1. The number of imidazole rings is 1. The highest BCUT2D eigenvalue weighted by Crippen LogP contribution is 2.39. The molecule has 33 heavy (non-hydrogen) atoms. The number of amides is 1. The molecule has 2 aromatic heterocycles. The number of rotatable bonds is 4. The molecule has 1 saturated heterocycles. The second-order valence-corrected chi connectivity index (χ2v) is 8.53. The van der Waals surface area contributed by atoms with Gasteiger partial charge in [-0.2, -0.15) is 13.2 Å². The van der Waals surface area contributed by atoms with Crippen LogP contribution in [-0.4, -0.2) is 40.1 Å². The summed E-state index contributed by atoms with van der Waals surface area (Å²) in [6, 6.07) is 8.69. The van der Waals surface area contributed by atoms with Gasteiger partial charge in [-0.05, 0) is 36.8 Å². The minimum atomic E-state index is -4.65. The van der Waals surface area contributed by atoms with E-state index in [1.165, 1.54) is 23.5 Å². The smallest absolute Gasteiger partial charge is 0.368 e. The van der Waals surface area contributed by atoms with Gasteiger partial charge in [0.05, 0.1) is 16.6 Å². The first-order chi connectivity index (χ1) is 15.8. The maximum Gasteiger partial charge on any atom is 0.417 e. The normalized spacial score (nSPS) is 16.5. The SMILES string of the molecule is O=C(Nc1nccs1)c1cccc2[nH]c(-c3ccc(N4CC[C@H](F)C4)cc3C(F)(F)F)nc12. The highest BCUT2D eigenvalue weighted by atomic mass is 32.1. The Balaban J connectivity index is 1.55. The van der Waals surface area contributed by atoms with Crippen LogP contribution in [0.5, 0.6) is 0 Å². The van der Waals surface area contributed by atoms with Gasteiger partial charge in [0.2, 0.25) is 0 Å². The van der Waals surface area contributed by atoms with Crippen LogP contribution < -0.4 is 10.2 Å². The van der Waals surface area contributed by atoms with E-state index in [1.807, 2.05) is 0 Å². The number of hydrogen-bond donors (Lipinski definition) is 2. The Morgan fingerprint density at radius 1 is 1.24 bits per heavy atom. The van der Waals surface area contributed by atoms with Gasteiger partial charge >= 0.3 is 6.18 Å². The third-order valence-corrected chi connectivity index (χ3v) is 6.16. The van der Waals surface area contributed by atoms with Gasteiger partial charge in [0, 0.05) is 35.9 Å². The number of benzene rings is 2. The quantitative estimate of drug-likeness (QED) is 0.382. The van der Waals surface area contributed by atoms with Crippen LogP contribution in [0.3, 0.4) is 0 Å². The minimum absolute atomic E-state index is 0.0110. The zero-order valence-electron chi connectivity index (χ0n) is 17.0. The topological polar surface area (TPSA) is 73.9 Å². The number of para-hydroxylation sites is 1. The Bertz CT molecular complexity index is 1320. The van der Waals surface area contributed by atoms with Crippen LogP contribution in [0.15, 0.2) is 48.0 Å². The van der Waals surface area contributed by atoms with Crippen molar-refractivity contribution >= 4 is 39.1 Å². The number of H-pyrrole nitrogens is 1. The molecule has 0 saturated carbocycles. The summed E-state index contributed by atoms with van der Waals surface area (Å²) in [5.74, 6) is -0.474. The van der Waals surface area contributed by atoms with E-state index in [2.05, 4.69) is 20.3 Å². The van der Waals surface area contributed by atoms with E-state index in [-0.39, 0.29) is 29.0 Å². The summed E-state index contributed by atoms with van der Waals surface area (Å²) in [6.45, 7) is 0.429. The highest BCUT2D eigenvalue weighted by molar-refractivity contribution is 7.13. The number of hydrogen-bond acceptors (Lipinski definition) is 5. The molecule has 170 valence electrons. The van der Waals surface area contributed by atoms with E-state index in [4.69, 9.17) is 0 Å². The van der Waals surface area contributed by atoms with Gasteiger partial charge in [-0.15, -0.1) is 11.3 Å². The Morgan fingerprint density at radius 3 is 2.79 bits per heavy atom. The molecule has 2 N–H and O–H groups in total. The summed E-state index contributed by atoms with van der Waals surface area (Å²) < 4.78 is 55.4. The van der Waals surface area contributed by atoms with Crippen molar-refractivity contribution in [1.82, 2.24) is 15.0 Å². The van der Waals surface area contributed by atoms with Gasteiger partial charge in [0.1, 0.15) is 17.5 Å². The molecule has 6 nitrogen and oxygen atoms in total. The van der Waals surface area contributed by atoms with Crippen LogP contribution in [0.1, 0.15) is 22.3 Å². The van der Waals surface area contributed by atoms with Crippen molar-refractivity contribution in [3.63, 3.8) is 0 Å². The van der Waals surface area contributed by atoms with Gasteiger partial charge in [-0.1, -0.05) is 6.07 Å². The molecule has 3 heterocycles. The summed E-state index contributed by atoms with van der Waals surface area (Å²) in [5, 5.41) is 4.77. The first kappa shape index (κ1) is 21.4. The van der Waals surface area contributed by atoms with Crippen LogP contribution in [0.2, 0.25) is 0 Å². The Kier molecular flexibility index (Phi) is 5.28. The third kappa shape index (κ3) is 4.15. The fourth-order valence-corrected chi connectivity index (χ4v) is 4.44. The van der Waals surface area contributed by atoms with Crippen LogP contribution in [0.4, 0.5) is 28.4 Å². The molecule has 2 aromatic carbocycles. The predicted octanol–water partition coefficient (Wildman–Crippen LogP) is 5.51.